The molecular weight excluding hydrogens is 322 g/mol. The van der Waals surface area contributed by atoms with Gasteiger partial charge in [-0.05, 0) is 31.5 Å². The van der Waals surface area contributed by atoms with Gasteiger partial charge >= 0.3 is 0 Å². The Morgan fingerprint density at radius 2 is 2.16 bits per heavy atom. The fourth-order valence-corrected chi connectivity index (χ4v) is 2.99. The Bertz CT molecular complexity index is 726. The minimum atomic E-state index is -0.195. The van der Waals surface area contributed by atoms with Crippen LogP contribution in [0, 0.1) is 0 Å². The molecule has 0 unspecified atom stereocenters. The van der Waals surface area contributed by atoms with Crippen LogP contribution in [0.2, 0.25) is 0 Å². The van der Waals surface area contributed by atoms with Gasteiger partial charge in [-0.2, -0.15) is 5.10 Å². The largest absolute Gasteiger partial charge is 0.491 e. The van der Waals surface area contributed by atoms with Crippen molar-refractivity contribution in [3.63, 3.8) is 0 Å². The standard InChI is InChI=1S/C18H23N3O4/c1-11-9-15-16(12(2)25-11)20-21-17(15)18(23)19-10-13-3-5-14(6-4-13)24-8-7-22/h3-6,11-12,22H,7-10H2,1-2H3,(H,19,23)(H,20,21)/t11-,12+/m1/s1. The van der Waals surface area contributed by atoms with E-state index >= 15 is 0 Å². The monoisotopic (exact) mass is 345 g/mol. The zero-order valence-electron chi connectivity index (χ0n) is 14.4. The molecule has 7 nitrogen and oxygen atoms in total. The van der Waals surface area contributed by atoms with Crippen molar-refractivity contribution in [2.75, 3.05) is 13.2 Å². The van der Waals surface area contributed by atoms with Crippen LogP contribution in [0.15, 0.2) is 24.3 Å². The first-order valence-electron chi connectivity index (χ1n) is 8.42. The number of carbonyl (C=O) groups is 1. The minimum absolute atomic E-state index is 0.0198. The van der Waals surface area contributed by atoms with E-state index in [0.717, 1.165) is 16.8 Å². The summed E-state index contributed by atoms with van der Waals surface area (Å²) in [5, 5.41) is 18.8. The maximum atomic E-state index is 12.5. The number of H-pyrrole nitrogens is 1. The highest BCUT2D eigenvalue weighted by Gasteiger charge is 2.29. The van der Waals surface area contributed by atoms with E-state index in [0.29, 0.717) is 24.4 Å². The lowest BCUT2D eigenvalue weighted by Crippen LogP contribution is -2.27. The van der Waals surface area contributed by atoms with Gasteiger partial charge in [0.05, 0.1) is 24.5 Å². The van der Waals surface area contributed by atoms with Crippen molar-refractivity contribution in [3.05, 3.63) is 46.8 Å². The van der Waals surface area contributed by atoms with Gasteiger partial charge in [0, 0.05) is 18.5 Å². The second-order valence-electron chi connectivity index (χ2n) is 6.16. The predicted molar refractivity (Wildman–Crippen MR) is 91.4 cm³/mol. The maximum Gasteiger partial charge on any atom is 0.272 e. The molecule has 0 spiro atoms. The van der Waals surface area contributed by atoms with Crippen molar-refractivity contribution in [3.8, 4) is 5.75 Å². The zero-order chi connectivity index (χ0) is 17.8. The lowest BCUT2D eigenvalue weighted by atomic mass is 9.99. The highest BCUT2D eigenvalue weighted by Crippen LogP contribution is 2.30. The number of aliphatic hydroxyl groups excluding tert-OH is 1. The number of amides is 1. The zero-order valence-corrected chi connectivity index (χ0v) is 14.4. The summed E-state index contributed by atoms with van der Waals surface area (Å²) in [6.07, 6.45) is 0.660. The van der Waals surface area contributed by atoms with Gasteiger partial charge in [0.25, 0.3) is 5.91 Å². The molecule has 1 aliphatic heterocycles. The van der Waals surface area contributed by atoms with Crippen LogP contribution in [0.4, 0.5) is 0 Å². The summed E-state index contributed by atoms with van der Waals surface area (Å²) in [6, 6.07) is 7.39. The number of ether oxygens (including phenoxy) is 2. The predicted octanol–water partition coefficient (Wildman–Crippen LogP) is 1.73. The number of hydrogen-bond donors (Lipinski definition) is 3. The molecule has 7 heteroatoms. The average Bonchev–Trinajstić information content (AvgIpc) is 3.03. The van der Waals surface area contributed by atoms with Crippen LogP contribution in [0.3, 0.4) is 0 Å². The minimum Gasteiger partial charge on any atom is -0.491 e. The molecule has 3 N–H and O–H groups in total. The lowest BCUT2D eigenvalue weighted by Gasteiger charge is -2.25. The van der Waals surface area contributed by atoms with Gasteiger partial charge in [0.15, 0.2) is 5.69 Å². The number of hydrogen-bond acceptors (Lipinski definition) is 5. The molecule has 1 aromatic carbocycles. The van der Waals surface area contributed by atoms with E-state index in [1.54, 1.807) is 0 Å². The van der Waals surface area contributed by atoms with Crippen LogP contribution in [0.25, 0.3) is 0 Å². The smallest absolute Gasteiger partial charge is 0.272 e. The third-order valence-corrected chi connectivity index (χ3v) is 4.19. The topological polar surface area (TPSA) is 96.5 Å². The number of carbonyl (C=O) groups excluding carboxylic acids is 1. The summed E-state index contributed by atoms with van der Waals surface area (Å²) in [5.74, 6) is 0.493. The molecule has 2 atom stereocenters. The Morgan fingerprint density at radius 3 is 2.88 bits per heavy atom. The molecule has 0 bridgehead atoms. The molecule has 1 amide bonds. The van der Waals surface area contributed by atoms with Crippen molar-refractivity contribution in [2.24, 2.45) is 0 Å². The first-order chi connectivity index (χ1) is 12.1. The van der Waals surface area contributed by atoms with Crippen molar-refractivity contribution in [1.29, 1.82) is 0 Å². The fraction of sp³-hybridized carbons (Fsp3) is 0.444. The lowest BCUT2D eigenvalue weighted by molar-refractivity contribution is -0.00697. The second-order valence-corrected chi connectivity index (χ2v) is 6.16. The summed E-state index contributed by atoms with van der Waals surface area (Å²) in [6.45, 7) is 4.60. The van der Waals surface area contributed by atoms with Crippen LogP contribution in [-0.4, -0.2) is 40.5 Å². The Balaban J connectivity index is 1.62. The van der Waals surface area contributed by atoms with Crippen LogP contribution < -0.4 is 10.1 Å². The van der Waals surface area contributed by atoms with E-state index in [9.17, 15) is 4.79 Å². The van der Waals surface area contributed by atoms with Crippen molar-refractivity contribution in [2.45, 2.75) is 39.0 Å². The summed E-state index contributed by atoms with van der Waals surface area (Å²) < 4.78 is 11.1. The van der Waals surface area contributed by atoms with Gasteiger partial charge in [-0.3, -0.25) is 9.89 Å². The van der Waals surface area contributed by atoms with E-state index in [4.69, 9.17) is 14.6 Å². The summed E-state index contributed by atoms with van der Waals surface area (Å²) in [7, 11) is 0. The van der Waals surface area contributed by atoms with Crippen molar-refractivity contribution < 1.29 is 19.4 Å². The van der Waals surface area contributed by atoms with E-state index in [1.165, 1.54) is 0 Å². The normalized spacial score (nSPS) is 19.3. The Labute approximate surface area is 146 Å². The molecule has 0 fully saturated rings. The van der Waals surface area contributed by atoms with Crippen LogP contribution in [-0.2, 0) is 17.7 Å². The van der Waals surface area contributed by atoms with Gasteiger partial charge in [0.2, 0.25) is 0 Å². The average molecular weight is 345 g/mol. The molecule has 134 valence electrons. The van der Waals surface area contributed by atoms with Gasteiger partial charge in [-0.1, -0.05) is 12.1 Å². The van der Waals surface area contributed by atoms with E-state index in [-0.39, 0.29) is 31.3 Å². The van der Waals surface area contributed by atoms with Crippen molar-refractivity contribution in [1.82, 2.24) is 15.5 Å². The first-order valence-corrected chi connectivity index (χ1v) is 8.42. The third-order valence-electron chi connectivity index (χ3n) is 4.19. The third kappa shape index (κ3) is 4.00. The fourth-order valence-electron chi connectivity index (χ4n) is 2.99. The number of nitrogens with zero attached hydrogens (tertiary/aromatic N) is 1. The molecule has 0 saturated heterocycles. The van der Waals surface area contributed by atoms with E-state index in [1.807, 2.05) is 38.1 Å². The molecule has 25 heavy (non-hydrogen) atoms. The molecular formula is C18H23N3O4. The maximum absolute atomic E-state index is 12.5. The summed E-state index contributed by atoms with van der Waals surface area (Å²) in [5.41, 5.74) is 3.23. The van der Waals surface area contributed by atoms with E-state index in [2.05, 4.69) is 15.5 Å². The Hall–Kier alpha value is -2.38. The first kappa shape index (κ1) is 17.4. The number of fused-ring (bicyclic) bond motifs is 1. The molecule has 2 aromatic rings. The number of benzene rings is 1. The van der Waals surface area contributed by atoms with Gasteiger partial charge < -0.3 is 19.9 Å². The molecule has 1 aromatic heterocycles. The van der Waals surface area contributed by atoms with Crippen LogP contribution in [0.5, 0.6) is 5.75 Å². The van der Waals surface area contributed by atoms with Crippen molar-refractivity contribution >= 4 is 5.91 Å². The molecule has 2 heterocycles. The van der Waals surface area contributed by atoms with Crippen LogP contribution >= 0.6 is 0 Å². The SMILES string of the molecule is C[C@@H]1Cc2c(C(=O)NCc3ccc(OCCO)cc3)n[nH]c2[C@H](C)O1. The Kier molecular flexibility index (Phi) is 5.35. The molecule has 0 saturated carbocycles. The number of rotatable bonds is 6. The number of nitrogens with one attached hydrogen (secondary N) is 2. The molecule has 1 aliphatic rings. The molecule has 0 radical (unpaired) electrons. The number of aromatic nitrogens is 2. The number of aromatic amines is 1. The molecule has 0 aliphatic carbocycles. The summed E-state index contributed by atoms with van der Waals surface area (Å²) in [4.78, 5) is 12.5. The number of aliphatic hydroxyl groups is 1. The second kappa shape index (κ2) is 7.67. The van der Waals surface area contributed by atoms with Gasteiger partial charge in [0.1, 0.15) is 12.4 Å². The highest BCUT2D eigenvalue weighted by atomic mass is 16.5. The van der Waals surface area contributed by atoms with Gasteiger partial charge in [-0.25, -0.2) is 0 Å². The molecule has 3 rings (SSSR count). The highest BCUT2D eigenvalue weighted by molar-refractivity contribution is 5.94. The summed E-state index contributed by atoms with van der Waals surface area (Å²) >= 11 is 0. The van der Waals surface area contributed by atoms with Gasteiger partial charge in [-0.15, -0.1) is 0 Å². The quantitative estimate of drug-likeness (QED) is 0.741. The van der Waals surface area contributed by atoms with E-state index < -0.39 is 0 Å². The Morgan fingerprint density at radius 1 is 1.40 bits per heavy atom. The van der Waals surface area contributed by atoms with Crippen LogP contribution in [0.1, 0.15) is 47.3 Å².